The number of anilines is 1. The molecule has 33 heavy (non-hydrogen) atoms. The third-order valence-corrected chi connectivity index (χ3v) is 6.93. The quantitative estimate of drug-likeness (QED) is 0.312. The summed E-state index contributed by atoms with van der Waals surface area (Å²) in [5.41, 5.74) is 2.12. The van der Waals surface area contributed by atoms with Gasteiger partial charge in [0.2, 0.25) is 0 Å². The van der Waals surface area contributed by atoms with Crippen molar-refractivity contribution in [2.75, 3.05) is 37.7 Å². The first-order chi connectivity index (χ1) is 16.0. The van der Waals surface area contributed by atoms with Crippen LogP contribution in [0.1, 0.15) is 31.4 Å². The smallest absolute Gasteiger partial charge is 0.303 e. The molecule has 1 aromatic heterocycles. The molecule has 4 rings (SSSR count). The second-order valence-corrected chi connectivity index (χ2v) is 9.57. The van der Waals surface area contributed by atoms with E-state index < -0.39 is 5.97 Å². The molecule has 1 amide bonds. The fraction of sp³-hybridized carbons (Fsp3) is 0.375. The number of carbonyl (C=O) groups excluding carboxylic acids is 1. The second kappa shape index (κ2) is 11.0. The van der Waals surface area contributed by atoms with Gasteiger partial charge in [0, 0.05) is 43.4 Å². The van der Waals surface area contributed by atoms with Crippen LogP contribution >= 0.6 is 24.0 Å². The zero-order chi connectivity index (χ0) is 23.2. The van der Waals surface area contributed by atoms with E-state index in [-0.39, 0.29) is 12.3 Å². The van der Waals surface area contributed by atoms with Gasteiger partial charge in [0.1, 0.15) is 15.8 Å². The van der Waals surface area contributed by atoms with Gasteiger partial charge in [0.25, 0.3) is 5.91 Å². The van der Waals surface area contributed by atoms with Crippen molar-refractivity contribution in [2.45, 2.75) is 25.7 Å². The number of amides is 1. The molecule has 2 aliphatic rings. The molecule has 0 bridgehead atoms. The minimum atomic E-state index is -0.797. The van der Waals surface area contributed by atoms with E-state index in [2.05, 4.69) is 17.0 Å². The van der Waals surface area contributed by atoms with Gasteiger partial charge in [-0.05, 0) is 37.1 Å². The predicted molar refractivity (Wildman–Crippen MR) is 133 cm³/mol. The van der Waals surface area contributed by atoms with Gasteiger partial charge in [0.15, 0.2) is 0 Å². The fourth-order valence-electron chi connectivity index (χ4n) is 3.81. The van der Waals surface area contributed by atoms with Crippen LogP contribution in [-0.2, 0) is 14.3 Å². The van der Waals surface area contributed by atoms with Crippen LogP contribution < -0.4 is 4.90 Å². The Bertz CT molecular complexity index is 1060. The third kappa shape index (κ3) is 6.04. The van der Waals surface area contributed by atoms with Gasteiger partial charge < -0.3 is 19.2 Å². The number of morpholine rings is 1. The Morgan fingerprint density at radius 1 is 1.15 bits per heavy atom. The lowest BCUT2D eigenvalue weighted by Gasteiger charge is -2.29. The number of aliphatic carboxylic acids is 1. The molecule has 0 unspecified atom stereocenters. The maximum absolute atomic E-state index is 12.8. The van der Waals surface area contributed by atoms with Crippen molar-refractivity contribution in [1.29, 1.82) is 0 Å². The summed E-state index contributed by atoms with van der Waals surface area (Å²) in [4.78, 5) is 27.8. The highest BCUT2D eigenvalue weighted by Gasteiger charge is 2.31. The average Bonchev–Trinajstić information content (AvgIpc) is 3.39. The number of carboxylic acids is 1. The van der Waals surface area contributed by atoms with Gasteiger partial charge in [-0.3, -0.25) is 14.5 Å². The number of unbranched alkanes of at least 4 members (excludes halogenated alkanes) is 2. The molecule has 0 aliphatic carbocycles. The first-order valence-electron chi connectivity index (χ1n) is 11.0. The summed E-state index contributed by atoms with van der Waals surface area (Å²) in [5, 5.41) is 8.72. The van der Waals surface area contributed by atoms with Crippen molar-refractivity contribution in [1.82, 2.24) is 4.90 Å². The van der Waals surface area contributed by atoms with Crippen LogP contribution in [0.25, 0.3) is 17.4 Å². The van der Waals surface area contributed by atoms with Crippen molar-refractivity contribution in [2.24, 2.45) is 0 Å². The summed E-state index contributed by atoms with van der Waals surface area (Å²) in [7, 11) is 0. The fourth-order valence-corrected chi connectivity index (χ4v) is 5.10. The minimum absolute atomic E-state index is 0.129. The van der Waals surface area contributed by atoms with Crippen LogP contribution in [0.3, 0.4) is 0 Å². The van der Waals surface area contributed by atoms with Gasteiger partial charge in [-0.15, -0.1) is 0 Å². The van der Waals surface area contributed by atoms with E-state index in [1.165, 1.54) is 11.8 Å². The molecule has 2 aromatic rings. The molecule has 0 radical (unpaired) electrons. The van der Waals surface area contributed by atoms with E-state index >= 15 is 0 Å². The van der Waals surface area contributed by atoms with Crippen LogP contribution in [0.15, 0.2) is 45.7 Å². The third-order valence-electron chi connectivity index (χ3n) is 5.55. The molecule has 1 N–H and O–H groups in total. The molecule has 2 aliphatic heterocycles. The number of hydrogen-bond acceptors (Lipinski definition) is 7. The monoisotopic (exact) mass is 486 g/mol. The van der Waals surface area contributed by atoms with E-state index in [0.29, 0.717) is 28.0 Å². The number of thioether (sulfide) groups is 1. The topological polar surface area (TPSA) is 83.2 Å². The first-order valence-corrected chi connectivity index (χ1v) is 12.2. The lowest BCUT2D eigenvalue weighted by atomic mass is 10.1. The summed E-state index contributed by atoms with van der Waals surface area (Å²) in [5.74, 6) is 0.415. The van der Waals surface area contributed by atoms with E-state index in [0.717, 1.165) is 56.2 Å². The Morgan fingerprint density at radius 2 is 1.97 bits per heavy atom. The molecule has 0 spiro atoms. The molecule has 2 fully saturated rings. The maximum Gasteiger partial charge on any atom is 0.303 e. The van der Waals surface area contributed by atoms with Gasteiger partial charge in [0.05, 0.1) is 18.1 Å². The summed E-state index contributed by atoms with van der Waals surface area (Å²) in [6.07, 6.45) is 3.94. The Labute approximate surface area is 202 Å². The van der Waals surface area contributed by atoms with E-state index in [1.54, 1.807) is 11.0 Å². The molecular formula is C24H26N2O5S2. The van der Waals surface area contributed by atoms with Crippen molar-refractivity contribution in [3.63, 3.8) is 0 Å². The molecule has 3 heterocycles. The highest BCUT2D eigenvalue weighted by Crippen LogP contribution is 2.34. The predicted octanol–water partition coefficient (Wildman–Crippen LogP) is 4.63. The lowest BCUT2D eigenvalue weighted by molar-refractivity contribution is -0.137. The highest BCUT2D eigenvalue weighted by molar-refractivity contribution is 8.26. The van der Waals surface area contributed by atoms with E-state index in [4.69, 9.17) is 26.5 Å². The Morgan fingerprint density at radius 3 is 2.76 bits per heavy atom. The number of rotatable bonds is 9. The number of hydrogen-bond donors (Lipinski definition) is 1. The second-order valence-electron chi connectivity index (χ2n) is 7.89. The molecule has 7 nitrogen and oxygen atoms in total. The zero-order valence-electron chi connectivity index (χ0n) is 18.2. The van der Waals surface area contributed by atoms with Crippen LogP contribution in [-0.4, -0.2) is 59.1 Å². The van der Waals surface area contributed by atoms with Gasteiger partial charge in [-0.1, -0.05) is 42.5 Å². The molecule has 2 saturated heterocycles. The standard InChI is InChI=1S/C24H26N2O5S2/c27-22(28)7-2-1-3-10-26-23(29)21(33-24(26)32)16-19-8-9-20(31-19)17-5-4-6-18(15-17)25-11-13-30-14-12-25/h4-6,8-9,15-16H,1-3,7,10-14H2,(H,27,28). The number of ether oxygens (including phenoxy) is 1. The number of benzene rings is 1. The normalized spacial score (nSPS) is 17.9. The zero-order valence-corrected chi connectivity index (χ0v) is 19.8. The SMILES string of the molecule is O=C(O)CCCCCN1C(=O)C(=Cc2ccc(-c3cccc(N4CCOCC4)c3)o2)SC1=S. The lowest BCUT2D eigenvalue weighted by Crippen LogP contribution is -2.36. The largest absolute Gasteiger partial charge is 0.481 e. The van der Waals surface area contributed by atoms with Gasteiger partial charge >= 0.3 is 5.97 Å². The van der Waals surface area contributed by atoms with E-state index in [1.807, 2.05) is 24.3 Å². The minimum Gasteiger partial charge on any atom is -0.481 e. The van der Waals surface area contributed by atoms with E-state index in [9.17, 15) is 9.59 Å². The maximum atomic E-state index is 12.8. The molecule has 0 saturated carbocycles. The molecular weight excluding hydrogens is 460 g/mol. The Kier molecular flexibility index (Phi) is 7.85. The van der Waals surface area contributed by atoms with Crippen molar-refractivity contribution < 1.29 is 23.8 Å². The van der Waals surface area contributed by atoms with Crippen molar-refractivity contribution in [3.05, 3.63) is 47.1 Å². The van der Waals surface area contributed by atoms with Crippen LogP contribution in [0.4, 0.5) is 5.69 Å². The van der Waals surface area contributed by atoms with Crippen LogP contribution in [0.5, 0.6) is 0 Å². The molecule has 1 aromatic carbocycles. The molecule has 9 heteroatoms. The average molecular weight is 487 g/mol. The Hall–Kier alpha value is -2.62. The first kappa shape index (κ1) is 23.5. The number of furan rings is 1. The highest BCUT2D eigenvalue weighted by atomic mass is 32.2. The molecule has 174 valence electrons. The van der Waals surface area contributed by atoms with Crippen LogP contribution in [0, 0.1) is 0 Å². The number of carbonyl (C=O) groups is 2. The van der Waals surface area contributed by atoms with Crippen molar-refractivity contribution >= 4 is 51.9 Å². The summed E-state index contributed by atoms with van der Waals surface area (Å²) >= 11 is 6.65. The van der Waals surface area contributed by atoms with Gasteiger partial charge in [-0.2, -0.15) is 0 Å². The van der Waals surface area contributed by atoms with Gasteiger partial charge in [-0.25, -0.2) is 0 Å². The number of carboxylic acid groups (broad SMARTS) is 1. The summed E-state index contributed by atoms with van der Waals surface area (Å²) in [6, 6.07) is 12.0. The Balaban J connectivity index is 1.39. The van der Waals surface area contributed by atoms with Crippen molar-refractivity contribution in [3.8, 4) is 11.3 Å². The molecule has 0 atom stereocenters. The summed E-state index contributed by atoms with van der Waals surface area (Å²) < 4.78 is 12.0. The summed E-state index contributed by atoms with van der Waals surface area (Å²) in [6.45, 7) is 3.70. The number of thiocarbonyl (C=S) groups is 1. The van der Waals surface area contributed by atoms with Crippen LogP contribution in [0.2, 0.25) is 0 Å². The number of nitrogens with zero attached hydrogens (tertiary/aromatic N) is 2.